The number of carbonyl (C=O) groups excluding carboxylic acids is 2. The first-order valence-corrected chi connectivity index (χ1v) is 9.15. The molecule has 0 aliphatic carbocycles. The molecule has 0 heterocycles. The summed E-state index contributed by atoms with van der Waals surface area (Å²) in [5, 5.41) is 17.2. The molecule has 0 saturated carbocycles. The summed E-state index contributed by atoms with van der Waals surface area (Å²) < 4.78 is 23.1. The predicted molar refractivity (Wildman–Crippen MR) is 96.2 cm³/mol. The van der Waals surface area contributed by atoms with E-state index in [1.165, 1.54) is 24.3 Å². The van der Waals surface area contributed by atoms with Crippen LogP contribution in [0.15, 0.2) is 64.0 Å². The van der Waals surface area contributed by atoms with Crippen LogP contribution in [0.1, 0.15) is 5.56 Å². The zero-order chi connectivity index (χ0) is 18.6. The van der Waals surface area contributed by atoms with Crippen molar-refractivity contribution in [1.82, 2.24) is 0 Å². The Hall–Kier alpha value is -2.49. The maximum atomic E-state index is 11.9. The molecule has 7 nitrogen and oxygen atoms in total. The average molecular weight is 425 g/mol. The number of aliphatic hydroxyl groups excluding tert-OH is 1. The minimum Gasteiger partial charge on any atom is -0.507 e. The lowest BCUT2D eigenvalue weighted by Crippen LogP contribution is -2.21. The van der Waals surface area contributed by atoms with Crippen LogP contribution in [0.3, 0.4) is 0 Å². The molecular formula is C16H13BrN2O5S. The summed E-state index contributed by atoms with van der Waals surface area (Å²) in [6, 6.07) is 11.5. The van der Waals surface area contributed by atoms with Gasteiger partial charge in [0.15, 0.2) is 0 Å². The molecule has 130 valence electrons. The van der Waals surface area contributed by atoms with Gasteiger partial charge in [0.1, 0.15) is 5.76 Å². The number of primary sulfonamides is 1. The molecule has 4 N–H and O–H groups in total. The summed E-state index contributed by atoms with van der Waals surface area (Å²) in [6.45, 7) is 0. The van der Waals surface area contributed by atoms with Crippen molar-refractivity contribution in [3.05, 3.63) is 64.6 Å². The number of sulfonamides is 1. The summed E-state index contributed by atoms with van der Waals surface area (Å²) in [5.74, 6) is -2.29. The van der Waals surface area contributed by atoms with E-state index < -0.39 is 21.7 Å². The summed E-state index contributed by atoms with van der Waals surface area (Å²) in [7, 11) is -3.84. The molecule has 2 aromatic rings. The molecule has 0 bridgehead atoms. The van der Waals surface area contributed by atoms with Crippen molar-refractivity contribution in [3.8, 4) is 0 Å². The number of aliphatic hydroxyl groups is 1. The van der Waals surface area contributed by atoms with E-state index in [4.69, 9.17) is 5.14 Å². The van der Waals surface area contributed by atoms with Crippen LogP contribution < -0.4 is 10.5 Å². The highest BCUT2D eigenvalue weighted by Crippen LogP contribution is 2.16. The fourth-order valence-electron chi connectivity index (χ4n) is 1.81. The van der Waals surface area contributed by atoms with Crippen molar-refractivity contribution >= 4 is 49.1 Å². The van der Waals surface area contributed by atoms with Crippen molar-refractivity contribution in [2.75, 3.05) is 5.32 Å². The van der Waals surface area contributed by atoms with Gasteiger partial charge in [-0.25, -0.2) is 13.6 Å². The summed E-state index contributed by atoms with van der Waals surface area (Å²) in [5.41, 5.74) is 0.587. The van der Waals surface area contributed by atoms with Gasteiger partial charge in [0.2, 0.25) is 15.8 Å². The first-order chi connectivity index (χ1) is 11.7. The first kappa shape index (κ1) is 18.8. The Morgan fingerprint density at radius 1 is 1.04 bits per heavy atom. The van der Waals surface area contributed by atoms with Gasteiger partial charge < -0.3 is 10.4 Å². The summed E-state index contributed by atoms with van der Waals surface area (Å²) in [4.78, 5) is 23.6. The number of rotatable bonds is 5. The minimum atomic E-state index is -3.84. The number of carbonyl (C=O) groups is 2. The highest BCUT2D eigenvalue weighted by Gasteiger charge is 2.14. The molecule has 0 radical (unpaired) electrons. The van der Waals surface area contributed by atoms with Gasteiger partial charge in [0.25, 0.3) is 5.91 Å². The summed E-state index contributed by atoms with van der Waals surface area (Å²) in [6.07, 6.45) is 0.803. The van der Waals surface area contributed by atoms with Crippen LogP contribution in [0.2, 0.25) is 0 Å². The first-order valence-electron chi connectivity index (χ1n) is 6.81. The van der Waals surface area contributed by atoms with Crippen molar-refractivity contribution in [2.24, 2.45) is 5.14 Å². The average Bonchev–Trinajstić information content (AvgIpc) is 2.55. The largest absolute Gasteiger partial charge is 0.507 e. The molecule has 0 aromatic heterocycles. The van der Waals surface area contributed by atoms with Crippen LogP contribution in [0.5, 0.6) is 0 Å². The van der Waals surface area contributed by atoms with Gasteiger partial charge in [-0.2, -0.15) is 0 Å². The van der Waals surface area contributed by atoms with Gasteiger partial charge in [-0.05, 0) is 36.4 Å². The molecule has 0 atom stereocenters. The molecule has 2 rings (SSSR count). The Morgan fingerprint density at radius 3 is 2.12 bits per heavy atom. The molecular weight excluding hydrogens is 412 g/mol. The number of amides is 1. The van der Waals surface area contributed by atoms with Crippen molar-refractivity contribution in [2.45, 2.75) is 4.90 Å². The number of nitrogens with one attached hydrogen (secondary N) is 1. The normalized spacial score (nSPS) is 11.8. The standard InChI is InChI=1S/C16H13BrN2O5S/c17-11-3-1-10(2-4-11)14(20)9-15(21)16(22)19-12-5-7-13(8-6-12)25(18,23)24/h1-9,20H,(H,19,22)(H2,18,23,24)/b14-9-. The van der Waals surface area contributed by atoms with E-state index in [2.05, 4.69) is 21.2 Å². The van der Waals surface area contributed by atoms with E-state index in [1.807, 2.05) is 0 Å². The van der Waals surface area contributed by atoms with Gasteiger partial charge in [0, 0.05) is 21.8 Å². The van der Waals surface area contributed by atoms with Crippen molar-refractivity contribution in [1.29, 1.82) is 0 Å². The van der Waals surface area contributed by atoms with Crippen LogP contribution >= 0.6 is 15.9 Å². The molecule has 0 saturated heterocycles. The molecule has 0 aliphatic heterocycles. The Balaban J connectivity index is 2.08. The number of benzene rings is 2. The topological polar surface area (TPSA) is 127 Å². The quantitative estimate of drug-likeness (QED) is 0.385. The highest BCUT2D eigenvalue weighted by atomic mass is 79.9. The van der Waals surface area contributed by atoms with E-state index in [0.29, 0.717) is 5.56 Å². The Labute approximate surface area is 152 Å². The van der Waals surface area contributed by atoms with Gasteiger partial charge in [0.05, 0.1) is 4.90 Å². The molecule has 25 heavy (non-hydrogen) atoms. The SMILES string of the molecule is NS(=O)(=O)c1ccc(NC(=O)C(=O)/C=C(\O)c2ccc(Br)cc2)cc1. The number of hydrogen-bond donors (Lipinski definition) is 3. The van der Waals surface area contributed by atoms with Gasteiger partial charge in [-0.1, -0.05) is 28.1 Å². The molecule has 9 heteroatoms. The van der Waals surface area contributed by atoms with Gasteiger partial charge in [-0.3, -0.25) is 9.59 Å². The number of anilines is 1. The van der Waals surface area contributed by atoms with Gasteiger partial charge >= 0.3 is 0 Å². The second-order valence-corrected chi connectivity index (χ2v) is 7.40. The zero-order valence-corrected chi connectivity index (χ0v) is 15.0. The molecule has 1 amide bonds. The third-order valence-corrected chi connectivity index (χ3v) is 4.53. The Bertz CT molecular complexity index is 935. The number of halogens is 1. The Morgan fingerprint density at radius 2 is 1.60 bits per heavy atom. The number of ketones is 1. The van der Waals surface area contributed by atoms with Crippen LogP contribution in [-0.2, 0) is 19.6 Å². The van der Waals surface area contributed by atoms with E-state index >= 15 is 0 Å². The lowest BCUT2D eigenvalue weighted by atomic mass is 10.1. The van der Waals surface area contributed by atoms with Crippen molar-refractivity contribution in [3.63, 3.8) is 0 Å². The second kappa shape index (κ2) is 7.60. The molecule has 0 fully saturated rings. The molecule has 0 unspecified atom stereocenters. The molecule has 2 aromatic carbocycles. The van der Waals surface area contributed by atoms with E-state index in [1.54, 1.807) is 24.3 Å². The fraction of sp³-hybridized carbons (Fsp3) is 0. The maximum Gasteiger partial charge on any atom is 0.296 e. The van der Waals surface area contributed by atoms with E-state index in [9.17, 15) is 23.1 Å². The molecule has 0 aliphatic rings. The third-order valence-electron chi connectivity index (χ3n) is 3.07. The van der Waals surface area contributed by atoms with Gasteiger partial charge in [-0.15, -0.1) is 0 Å². The van der Waals surface area contributed by atoms with Crippen molar-refractivity contribution < 1.29 is 23.1 Å². The number of nitrogens with two attached hydrogens (primary N) is 1. The summed E-state index contributed by atoms with van der Waals surface area (Å²) >= 11 is 3.25. The van der Waals surface area contributed by atoms with E-state index in [-0.39, 0.29) is 16.3 Å². The highest BCUT2D eigenvalue weighted by molar-refractivity contribution is 9.10. The lowest BCUT2D eigenvalue weighted by Gasteiger charge is -2.04. The smallest absolute Gasteiger partial charge is 0.296 e. The minimum absolute atomic E-state index is 0.121. The van der Waals surface area contributed by atoms with E-state index in [0.717, 1.165) is 10.5 Å². The monoisotopic (exact) mass is 424 g/mol. The van der Waals surface area contributed by atoms with Crippen LogP contribution in [0.25, 0.3) is 5.76 Å². The molecule has 0 spiro atoms. The second-order valence-electron chi connectivity index (χ2n) is 4.92. The maximum absolute atomic E-state index is 11.9. The third kappa shape index (κ3) is 5.24. The lowest BCUT2D eigenvalue weighted by molar-refractivity contribution is -0.131. The predicted octanol–water partition coefficient (Wildman–Crippen LogP) is 2.20. The zero-order valence-electron chi connectivity index (χ0n) is 12.6. The Kier molecular flexibility index (Phi) is 5.73. The number of hydrogen-bond acceptors (Lipinski definition) is 5. The van der Waals surface area contributed by atoms with Crippen LogP contribution in [0.4, 0.5) is 5.69 Å². The van der Waals surface area contributed by atoms with Crippen LogP contribution in [0, 0.1) is 0 Å². The fourth-order valence-corrected chi connectivity index (χ4v) is 2.59. The van der Waals surface area contributed by atoms with Crippen LogP contribution in [-0.4, -0.2) is 25.2 Å².